The molecule has 2 heteroatoms. The highest BCUT2D eigenvalue weighted by molar-refractivity contribution is 5.45. The molecule has 76 valence electrons. The monoisotopic (exact) mass is 191 g/mol. The van der Waals surface area contributed by atoms with Crippen molar-refractivity contribution >= 4 is 0 Å². The van der Waals surface area contributed by atoms with Crippen LogP contribution in [0.3, 0.4) is 0 Å². The maximum atomic E-state index is 6.06. The van der Waals surface area contributed by atoms with E-state index < -0.39 is 0 Å². The van der Waals surface area contributed by atoms with E-state index in [1.807, 2.05) is 6.07 Å². The number of nitrogens with two attached hydrogens (primary N) is 1. The molecule has 14 heavy (non-hydrogen) atoms. The summed E-state index contributed by atoms with van der Waals surface area (Å²) in [7, 11) is 1.72. The van der Waals surface area contributed by atoms with Crippen LogP contribution in [0.2, 0.25) is 0 Å². The zero-order valence-corrected chi connectivity index (χ0v) is 8.79. The molecule has 0 bridgehead atoms. The van der Waals surface area contributed by atoms with E-state index in [2.05, 4.69) is 19.1 Å². The van der Waals surface area contributed by atoms with Gasteiger partial charge in [-0.25, -0.2) is 0 Å². The lowest BCUT2D eigenvalue weighted by Crippen LogP contribution is -2.31. The van der Waals surface area contributed by atoms with Gasteiger partial charge in [0, 0.05) is 17.5 Å². The van der Waals surface area contributed by atoms with E-state index in [0.717, 1.165) is 18.6 Å². The Morgan fingerprint density at radius 2 is 2.21 bits per heavy atom. The van der Waals surface area contributed by atoms with Gasteiger partial charge in [0.15, 0.2) is 0 Å². The van der Waals surface area contributed by atoms with Crippen molar-refractivity contribution in [2.45, 2.75) is 31.7 Å². The molecule has 2 rings (SSSR count). The fourth-order valence-electron chi connectivity index (χ4n) is 2.29. The fourth-order valence-corrected chi connectivity index (χ4v) is 2.29. The minimum Gasteiger partial charge on any atom is -0.496 e. The number of benzene rings is 1. The molecule has 0 amide bonds. The molecule has 2 nitrogen and oxygen atoms in total. The van der Waals surface area contributed by atoms with E-state index >= 15 is 0 Å². The SMILES string of the molecule is COc1cccc2c1C(C)C(N)CC2. The number of ether oxygens (including phenoxy) is 1. The molecule has 0 aliphatic heterocycles. The molecule has 0 saturated heterocycles. The van der Waals surface area contributed by atoms with Crippen LogP contribution in [0.4, 0.5) is 0 Å². The Hall–Kier alpha value is -1.02. The summed E-state index contributed by atoms with van der Waals surface area (Å²) in [4.78, 5) is 0. The van der Waals surface area contributed by atoms with Crippen LogP contribution in [0.1, 0.15) is 30.4 Å². The van der Waals surface area contributed by atoms with Gasteiger partial charge in [-0.2, -0.15) is 0 Å². The van der Waals surface area contributed by atoms with Crippen LogP contribution < -0.4 is 10.5 Å². The fraction of sp³-hybridized carbons (Fsp3) is 0.500. The van der Waals surface area contributed by atoms with E-state index in [9.17, 15) is 0 Å². The van der Waals surface area contributed by atoms with E-state index in [1.165, 1.54) is 11.1 Å². The number of aryl methyl sites for hydroxylation is 1. The predicted octanol–water partition coefficient (Wildman–Crippen LogP) is 2.07. The van der Waals surface area contributed by atoms with Crippen molar-refractivity contribution in [3.05, 3.63) is 29.3 Å². The molecule has 1 aliphatic rings. The highest BCUT2D eigenvalue weighted by Crippen LogP contribution is 2.36. The van der Waals surface area contributed by atoms with Crippen LogP contribution in [0.15, 0.2) is 18.2 Å². The van der Waals surface area contributed by atoms with Crippen LogP contribution >= 0.6 is 0 Å². The molecule has 0 saturated carbocycles. The Bertz CT molecular complexity index is 321. The van der Waals surface area contributed by atoms with Crippen LogP contribution in [0.25, 0.3) is 0 Å². The first-order valence-corrected chi connectivity index (χ1v) is 5.15. The summed E-state index contributed by atoms with van der Waals surface area (Å²) in [5.41, 5.74) is 8.78. The third-order valence-corrected chi connectivity index (χ3v) is 3.22. The van der Waals surface area contributed by atoms with Gasteiger partial charge in [0.05, 0.1) is 7.11 Å². The molecular formula is C12H17NO. The molecule has 0 heterocycles. The second kappa shape index (κ2) is 3.62. The Balaban J connectivity index is 2.49. The Morgan fingerprint density at radius 1 is 1.43 bits per heavy atom. The minimum absolute atomic E-state index is 0.277. The van der Waals surface area contributed by atoms with Gasteiger partial charge in [-0.1, -0.05) is 19.1 Å². The summed E-state index contributed by atoms with van der Waals surface area (Å²) in [6.45, 7) is 2.19. The van der Waals surface area contributed by atoms with Gasteiger partial charge in [0.25, 0.3) is 0 Å². The number of rotatable bonds is 1. The van der Waals surface area contributed by atoms with E-state index in [4.69, 9.17) is 10.5 Å². The lowest BCUT2D eigenvalue weighted by atomic mass is 9.80. The molecule has 1 aromatic carbocycles. The Morgan fingerprint density at radius 3 is 2.93 bits per heavy atom. The van der Waals surface area contributed by atoms with Gasteiger partial charge in [0.1, 0.15) is 5.75 Å². The lowest BCUT2D eigenvalue weighted by Gasteiger charge is -2.29. The van der Waals surface area contributed by atoms with Gasteiger partial charge in [-0.05, 0) is 24.5 Å². The van der Waals surface area contributed by atoms with Gasteiger partial charge in [0.2, 0.25) is 0 Å². The third-order valence-electron chi connectivity index (χ3n) is 3.22. The van der Waals surface area contributed by atoms with Crippen LogP contribution in [0.5, 0.6) is 5.75 Å². The highest BCUT2D eigenvalue weighted by atomic mass is 16.5. The summed E-state index contributed by atoms with van der Waals surface area (Å²) in [5.74, 6) is 1.40. The number of methoxy groups -OCH3 is 1. The molecule has 1 aromatic rings. The molecule has 1 aliphatic carbocycles. The van der Waals surface area contributed by atoms with Crippen molar-refractivity contribution in [1.82, 2.24) is 0 Å². The molecule has 2 N–H and O–H groups in total. The first-order chi connectivity index (χ1) is 6.74. The van der Waals surface area contributed by atoms with Crippen molar-refractivity contribution in [2.24, 2.45) is 5.73 Å². The summed E-state index contributed by atoms with van der Waals surface area (Å²) in [6.07, 6.45) is 2.17. The van der Waals surface area contributed by atoms with Crippen molar-refractivity contribution in [3.8, 4) is 5.75 Å². The van der Waals surface area contributed by atoms with Gasteiger partial charge in [-0.3, -0.25) is 0 Å². The molecule has 0 aromatic heterocycles. The summed E-state index contributed by atoms with van der Waals surface area (Å²) in [5, 5.41) is 0. The second-order valence-corrected chi connectivity index (χ2v) is 4.02. The summed E-state index contributed by atoms with van der Waals surface area (Å²) < 4.78 is 5.38. The summed E-state index contributed by atoms with van der Waals surface area (Å²) >= 11 is 0. The molecule has 0 spiro atoms. The smallest absolute Gasteiger partial charge is 0.122 e. The van der Waals surface area contributed by atoms with E-state index in [1.54, 1.807) is 7.11 Å². The first-order valence-electron chi connectivity index (χ1n) is 5.15. The Kier molecular flexibility index (Phi) is 2.46. The van der Waals surface area contributed by atoms with Crippen molar-refractivity contribution in [3.63, 3.8) is 0 Å². The maximum absolute atomic E-state index is 6.06. The number of fused-ring (bicyclic) bond motifs is 1. The van der Waals surface area contributed by atoms with Gasteiger partial charge in [-0.15, -0.1) is 0 Å². The quantitative estimate of drug-likeness (QED) is 0.737. The maximum Gasteiger partial charge on any atom is 0.122 e. The van der Waals surface area contributed by atoms with Crippen molar-refractivity contribution in [1.29, 1.82) is 0 Å². The average Bonchev–Trinajstić information content (AvgIpc) is 2.23. The zero-order valence-electron chi connectivity index (χ0n) is 8.79. The number of hydrogen-bond acceptors (Lipinski definition) is 2. The molecule has 0 radical (unpaired) electrons. The van der Waals surface area contributed by atoms with Crippen molar-refractivity contribution < 1.29 is 4.74 Å². The minimum atomic E-state index is 0.277. The van der Waals surface area contributed by atoms with Crippen LogP contribution in [-0.4, -0.2) is 13.2 Å². The predicted molar refractivity (Wildman–Crippen MR) is 57.7 cm³/mol. The van der Waals surface area contributed by atoms with E-state index in [0.29, 0.717) is 5.92 Å². The van der Waals surface area contributed by atoms with Crippen molar-refractivity contribution in [2.75, 3.05) is 7.11 Å². The average molecular weight is 191 g/mol. The van der Waals surface area contributed by atoms with Gasteiger partial charge < -0.3 is 10.5 Å². The largest absolute Gasteiger partial charge is 0.496 e. The normalized spacial score (nSPS) is 25.6. The van der Waals surface area contributed by atoms with Crippen LogP contribution in [-0.2, 0) is 6.42 Å². The second-order valence-electron chi connectivity index (χ2n) is 4.02. The van der Waals surface area contributed by atoms with E-state index in [-0.39, 0.29) is 6.04 Å². The molecule has 2 unspecified atom stereocenters. The molecular weight excluding hydrogens is 174 g/mol. The molecule has 0 fully saturated rings. The van der Waals surface area contributed by atoms with Gasteiger partial charge >= 0.3 is 0 Å². The zero-order chi connectivity index (χ0) is 10.1. The highest BCUT2D eigenvalue weighted by Gasteiger charge is 2.25. The molecule has 2 atom stereocenters. The van der Waals surface area contributed by atoms with Crippen LogP contribution in [0, 0.1) is 0 Å². The first kappa shape index (κ1) is 9.53. The topological polar surface area (TPSA) is 35.2 Å². The number of hydrogen-bond donors (Lipinski definition) is 1. The Labute approximate surface area is 85.1 Å². The lowest BCUT2D eigenvalue weighted by molar-refractivity contribution is 0.393. The summed E-state index contributed by atoms with van der Waals surface area (Å²) in [6, 6.07) is 6.54. The third kappa shape index (κ3) is 1.40. The standard InChI is InChI=1S/C12H17NO/c1-8-10(13)7-6-9-4-3-5-11(14-2)12(8)9/h3-5,8,10H,6-7,13H2,1-2H3.